The molecule has 22 heavy (non-hydrogen) atoms. The minimum atomic E-state index is -3.14. The molecule has 0 fully saturated rings. The van der Waals surface area contributed by atoms with Crippen LogP contribution in [-0.4, -0.2) is 31.8 Å². The van der Waals surface area contributed by atoms with Crippen molar-refractivity contribution < 1.29 is 18.1 Å². The van der Waals surface area contributed by atoms with Crippen LogP contribution in [0.4, 0.5) is 0 Å². The van der Waals surface area contributed by atoms with Gasteiger partial charge in [-0.15, -0.1) is 0 Å². The summed E-state index contributed by atoms with van der Waals surface area (Å²) in [5.74, 6) is 0.321. The molecular weight excluding hydrogens is 278 g/mol. The van der Waals surface area contributed by atoms with Crippen LogP contribution >= 0.6 is 0 Å². The molecule has 0 saturated carbocycles. The summed E-state index contributed by atoms with van der Waals surface area (Å²) >= 11 is 0. The molecule has 0 aliphatic carbocycles. The van der Waals surface area contributed by atoms with Gasteiger partial charge in [-0.1, -0.05) is 18.2 Å². The van der Waals surface area contributed by atoms with Crippen LogP contribution in [0.1, 0.15) is 34.7 Å². The number of aliphatic hydroxyl groups is 1. The number of aromatic nitrogens is 3. The highest BCUT2D eigenvalue weighted by molar-refractivity contribution is 6.02. The Hall–Kier alpha value is -1.98. The Balaban J connectivity index is 2.29. The van der Waals surface area contributed by atoms with Gasteiger partial charge in [-0.05, 0) is 26.7 Å². The number of ether oxygens (including phenoxy) is 1. The number of para-hydroxylation sites is 1. The average Bonchev–Trinajstić information content (AvgIpc) is 2.95. The first kappa shape index (κ1) is 9.22. The number of hydrogen-bond acceptors (Lipinski definition) is 4. The molecule has 0 radical (unpaired) electrons. The maximum Gasteiger partial charge on any atom is 0.136 e. The number of fused-ring (bicyclic) bond motifs is 3. The number of hydrogen-bond donors (Lipinski definition) is 1. The molecule has 2 heterocycles. The summed E-state index contributed by atoms with van der Waals surface area (Å²) < 4.78 is 52.9. The minimum absolute atomic E-state index is 0.0393. The van der Waals surface area contributed by atoms with Gasteiger partial charge in [-0.25, -0.2) is 4.98 Å². The largest absolute Gasteiger partial charge is 0.389 e. The molecule has 0 aliphatic rings. The van der Waals surface area contributed by atoms with Crippen molar-refractivity contribution in [2.45, 2.75) is 39.4 Å². The molecule has 116 valence electrons. The molecule has 0 bridgehead atoms. The number of rotatable bonds is 5. The third kappa shape index (κ3) is 2.82. The van der Waals surface area contributed by atoms with E-state index in [-0.39, 0.29) is 6.61 Å². The Kier molecular flexibility index (Phi) is 2.38. The summed E-state index contributed by atoms with van der Waals surface area (Å²) in [5, 5.41) is 11.5. The molecule has 5 nitrogen and oxygen atoms in total. The van der Waals surface area contributed by atoms with Crippen molar-refractivity contribution in [3.63, 3.8) is 0 Å². The second-order valence-electron chi connectivity index (χ2n) is 5.12. The predicted molar refractivity (Wildman–Crippen MR) is 86.7 cm³/mol. The molecule has 3 aromatic rings. The Morgan fingerprint density at radius 2 is 2.14 bits per heavy atom. The quantitative estimate of drug-likeness (QED) is 0.787. The van der Waals surface area contributed by atoms with Gasteiger partial charge in [0.15, 0.2) is 0 Å². The van der Waals surface area contributed by atoms with Crippen LogP contribution in [0.25, 0.3) is 21.9 Å². The van der Waals surface area contributed by atoms with Crippen molar-refractivity contribution in [2.75, 3.05) is 6.61 Å². The Bertz CT molecular complexity index is 982. The summed E-state index contributed by atoms with van der Waals surface area (Å²) in [6.07, 6.45) is 1.54. The van der Waals surface area contributed by atoms with E-state index in [4.69, 9.17) is 13.0 Å². The van der Waals surface area contributed by atoms with Crippen LogP contribution in [-0.2, 0) is 17.9 Å². The van der Waals surface area contributed by atoms with Crippen molar-refractivity contribution in [3.8, 4) is 0 Å². The Labute approximate surface area is 138 Å². The van der Waals surface area contributed by atoms with Gasteiger partial charge in [0.05, 0.1) is 29.4 Å². The number of pyridine rings is 1. The maximum absolute atomic E-state index is 10.8. The first-order chi connectivity index (χ1) is 13.0. The van der Waals surface area contributed by atoms with Gasteiger partial charge < -0.3 is 14.4 Å². The van der Waals surface area contributed by atoms with Crippen LogP contribution in [0.5, 0.6) is 0 Å². The maximum atomic E-state index is 10.8. The third-order valence-corrected chi connectivity index (χ3v) is 3.38. The van der Waals surface area contributed by atoms with Gasteiger partial charge in [0.1, 0.15) is 17.9 Å². The minimum Gasteiger partial charge on any atom is -0.389 e. The van der Waals surface area contributed by atoms with Crippen molar-refractivity contribution in [1.29, 1.82) is 0 Å². The number of benzene rings is 1. The smallest absolute Gasteiger partial charge is 0.136 e. The SMILES string of the molecule is [2H]C([2H])([2H])C(O)(Cn1c(COCC)nc2cnc3ccccc3c21)C([2H])([2H])[2H]. The van der Waals surface area contributed by atoms with Gasteiger partial charge in [-0.3, -0.25) is 4.98 Å². The highest BCUT2D eigenvalue weighted by atomic mass is 16.5. The molecule has 1 N–H and O–H groups in total. The van der Waals surface area contributed by atoms with Gasteiger partial charge in [0.25, 0.3) is 0 Å². The fourth-order valence-corrected chi connectivity index (χ4v) is 2.51. The summed E-state index contributed by atoms with van der Waals surface area (Å²) in [5.41, 5.74) is -1.34. The topological polar surface area (TPSA) is 60.2 Å². The average molecular weight is 305 g/mol. The number of imidazole rings is 1. The fourth-order valence-electron chi connectivity index (χ4n) is 2.51. The lowest BCUT2D eigenvalue weighted by Crippen LogP contribution is -2.27. The molecule has 3 rings (SSSR count). The molecule has 1 aromatic carbocycles. The normalized spacial score (nSPS) is 17.5. The molecule has 0 atom stereocenters. The lowest BCUT2D eigenvalue weighted by Gasteiger charge is -2.20. The molecule has 0 amide bonds. The second kappa shape index (κ2) is 5.66. The standard InChI is InChI=1S/C17H21N3O2/c1-4-22-10-15-19-14-9-18-13-8-6-5-7-12(13)16(14)20(15)11-17(2,3)21/h5-9,21H,4,10-11H2,1-3H3/i2D3,3D3. The van der Waals surface area contributed by atoms with Crippen LogP contribution in [0, 0.1) is 0 Å². The predicted octanol–water partition coefficient (Wildman–Crippen LogP) is 2.89. The van der Waals surface area contributed by atoms with Crippen molar-refractivity contribution in [3.05, 3.63) is 36.3 Å². The van der Waals surface area contributed by atoms with Crippen molar-refractivity contribution in [2.24, 2.45) is 0 Å². The van der Waals surface area contributed by atoms with Crippen LogP contribution in [0.15, 0.2) is 30.5 Å². The Morgan fingerprint density at radius 3 is 2.91 bits per heavy atom. The van der Waals surface area contributed by atoms with E-state index < -0.39 is 25.8 Å². The summed E-state index contributed by atoms with van der Waals surface area (Å²) in [4.78, 5) is 8.78. The van der Waals surface area contributed by atoms with E-state index in [9.17, 15) is 5.11 Å². The molecule has 2 aromatic heterocycles. The first-order valence-corrected chi connectivity index (χ1v) is 7.02. The highest BCUT2D eigenvalue weighted by Crippen LogP contribution is 2.26. The van der Waals surface area contributed by atoms with Gasteiger partial charge >= 0.3 is 0 Å². The van der Waals surface area contributed by atoms with Gasteiger partial charge in [-0.2, -0.15) is 0 Å². The fraction of sp³-hybridized carbons (Fsp3) is 0.412. The zero-order valence-corrected chi connectivity index (χ0v) is 12.2. The van der Waals surface area contributed by atoms with E-state index in [1.165, 1.54) is 10.8 Å². The third-order valence-electron chi connectivity index (χ3n) is 3.38. The molecule has 0 spiro atoms. The lowest BCUT2D eigenvalue weighted by atomic mass is 10.1. The molecule has 0 aliphatic heterocycles. The van der Waals surface area contributed by atoms with Crippen LogP contribution < -0.4 is 0 Å². The van der Waals surface area contributed by atoms with E-state index >= 15 is 0 Å². The molecular formula is C17H21N3O2. The molecule has 0 saturated heterocycles. The summed E-state index contributed by atoms with van der Waals surface area (Å²) in [7, 11) is 0. The van der Waals surface area contributed by atoms with E-state index in [2.05, 4.69) is 9.97 Å². The van der Waals surface area contributed by atoms with E-state index in [1.54, 1.807) is 25.1 Å². The van der Waals surface area contributed by atoms with Gasteiger partial charge in [0.2, 0.25) is 0 Å². The first-order valence-electron chi connectivity index (χ1n) is 10.0. The second-order valence-corrected chi connectivity index (χ2v) is 5.12. The Morgan fingerprint density at radius 1 is 1.32 bits per heavy atom. The monoisotopic (exact) mass is 305 g/mol. The van der Waals surface area contributed by atoms with E-state index in [0.717, 1.165) is 0 Å². The zero-order valence-electron chi connectivity index (χ0n) is 18.2. The number of nitrogens with zero attached hydrogens (tertiary/aromatic N) is 3. The highest BCUT2D eigenvalue weighted by Gasteiger charge is 2.20. The van der Waals surface area contributed by atoms with E-state index in [0.29, 0.717) is 34.4 Å². The van der Waals surface area contributed by atoms with Crippen LogP contribution in [0.2, 0.25) is 0 Å². The van der Waals surface area contributed by atoms with Crippen LogP contribution in [0.3, 0.4) is 0 Å². The zero-order chi connectivity index (χ0) is 20.7. The molecule has 5 heteroatoms. The van der Waals surface area contributed by atoms with Crippen molar-refractivity contribution >= 4 is 21.9 Å². The van der Waals surface area contributed by atoms with Gasteiger partial charge in [0, 0.05) is 20.2 Å². The summed E-state index contributed by atoms with van der Waals surface area (Å²) in [6, 6.07) is 7.18. The summed E-state index contributed by atoms with van der Waals surface area (Å²) in [6.45, 7) is -4.73. The lowest BCUT2D eigenvalue weighted by molar-refractivity contribution is 0.0582. The van der Waals surface area contributed by atoms with Crippen molar-refractivity contribution in [1.82, 2.24) is 14.5 Å². The molecule has 0 unspecified atom stereocenters. The van der Waals surface area contributed by atoms with E-state index in [1.807, 2.05) is 6.07 Å².